The number of esters is 2. The molecule has 0 bridgehead atoms. The predicted molar refractivity (Wildman–Crippen MR) is 157 cm³/mol. The minimum Gasteiger partial charge on any atom is -0.504 e. The summed E-state index contributed by atoms with van der Waals surface area (Å²) in [6.45, 7) is -1.27. The zero-order chi connectivity index (χ0) is 35.7. The molecular weight excluding hydrogens is 648 g/mol. The van der Waals surface area contributed by atoms with Gasteiger partial charge in [-0.05, 0) is 47.5 Å². The van der Waals surface area contributed by atoms with Crippen LogP contribution in [-0.4, -0.2) is 148 Å². The fraction of sp³-hybridized carbons (Fsp3) is 0.400. The number of phenols is 4. The Hall–Kier alpha value is -4.34. The Kier molecular flexibility index (Phi) is 13.6. The average Bonchev–Trinajstić information content (AvgIpc) is 3.06. The first-order valence-electron chi connectivity index (χ1n) is 14.1. The number of hydrogen-bond acceptors (Lipinski definition) is 18. The van der Waals surface area contributed by atoms with Crippen molar-refractivity contribution in [1.29, 1.82) is 0 Å². The van der Waals surface area contributed by atoms with Gasteiger partial charge in [-0.3, -0.25) is 0 Å². The van der Waals surface area contributed by atoms with E-state index in [0.29, 0.717) is 11.1 Å². The highest BCUT2D eigenvalue weighted by Gasteiger charge is 2.46. The smallest absolute Gasteiger partial charge is 0.333 e. The highest BCUT2D eigenvalue weighted by Crippen LogP contribution is 2.27. The maximum absolute atomic E-state index is 11.7. The summed E-state index contributed by atoms with van der Waals surface area (Å²) in [5.41, 5.74) is 0.798. The Balaban J connectivity index is 0.000000260. The van der Waals surface area contributed by atoms with Crippen LogP contribution in [0, 0.1) is 0 Å². The molecular formula is C30H36O18. The fourth-order valence-corrected chi connectivity index (χ4v) is 4.25. The van der Waals surface area contributed by atoms with Crippen LogP contribution in [0.4, 0.5) is 0 Å². The number of aliphatic hydroxyl groups is 8. The van der Waals surface area contributed by atoms with Crippen LogP contribution in [0.2, 0.25) is 0 Å². The number of hydrogen-bond donors (Lipinski definition) is 12. The van der Waals surface area contributed by atoms with Gasteiger partial charge in [-0.15, -0.1) is 0 Å². The topological polar surface area (TPSA) is 314 Å². The highest BCUT2D eigenvalue weighted by molar-refractivity contribution is 5.87. The fourth-order valence-electron chi connectivity index (χ4n) is 4.25. The molecule has 0 radical (unpaired) electrons. The molecule has 2 saturated heterocycles. The quantitative estimate of drug-likeness (QED) is 0.0744. The van der Waals surface area contributed by atoms with Gasteiger partial charge in [0.25, 0.3) is 0 Å². The summed E-state index contributed by atoms with van der Waals surface area (Å²) in [5, 5.41) is 113. The van der Waals surface area contributed by atoms with Crippen molar-refractivity contribution in [3.05, 3.63) is 59.7 Å². The maximum atomic E-state index is 11.7. The number of carbonyl (C=O) groups is 2. The van der Waals surface area contributed by atoms with Crippen molar-refractivity contribution in [2.45, 2.75) is 61.4 Å². The molecule has 0 saturated carbocycles. The molecule has 0 unspecified atom stereocenters. The van der Waals surface area contributed by atoms with Crippen LogP contribution in [0.5, 0.6) is 23.0 Å². The van der Waals surface area contributed by atoms with Crippen LogP contribution < -0.4 is 0 Å². The standard InChI is InChI=1S/2C15H18O9/c2*16-6-10-12(20)13(21)14(22)15(23-10)24-11(19)4-2-7-1-3-8(17)9(18)5-7/h2*1-5,10,12-18,20-22H,6H2/b2*4-2+/t2*10-,12-,13+,14-,15+/m11/s1. The van der Waals surface area contributed by atoms with Gasteiger partial charge in [-0.1, -0.05) is 12.1 Å². The Morgan fingerprint density at radius 2 is 0.917 bits per heavy atom. The van der Waals surface area contributed by atoms with Crippen molar-refractivity contribution < 1.29 is 89.8 Å². The molecule has 2 heterocycles. The van der Waals surface area contributed by atoms with Crippen molar-refractivity contribution in [3.63, 3.8) is 0 Å². The molecule has 0 spiro atoms. The van der Waals surface area contributed by atoms with Crippen molar-refractivity contribution in [2.75, 3.05) is 13.2 Å². The molecule has 0 aliphatic carbocycles. The monoisotopic (exact) mass is 684 g/mol. The van der Waals surface area contributed by atoms with Gasteiger partial charge < -0.3 is 80.2 Å². The Bertz CT molecular complexity index is 1330. The summed E-state index contributed by atoms with van der Waals surface area (Å²) in [5.74, 6) is -3.19. The summed E-state index contributed by atoms with van der Waals surface area (Å²) in [4.78, 5) is 23.5. The lowest BCUT2D eigenvalue weighted by atomic mass is 9.99. The van der Waals surface area contributed by atoms with E-state index in [4.69, 9.17) is 29.2 Å². The van der Waals surface area contributed by atoms with E-state index in [1.54, 1.807) is 0 Å². The number of aromatic hydroxyl groups is 4. The molecule has 2 aliphatic rings. The van der Waals surface area contributed by atoms with Crippen molar-refractivity contribution >= 4 is 24.1 Å². The van der Waals surface area contributed by atoms with E-state index in [1.807, 2.05) is 0 Å². The largest absolute Gasteiger partial charge is 0.504 e. The van der Waals surface area contributed by atoms with Crippen LogP contribution in [0.25, 0.3) is 12.2 Å². The molecule has 0 amide bonds. The minimum absolute atomic E-state index is 0.309. The Labute approximate surface area is 271 Å². The molecule has 2 fully saturated rings. The molecule has 2 aliphatic heterocycles. The average molecular weight is 685 g/mol. The zero-order valence-corrected chi connectivity index (χ0v) is 24.8. The van der Waals surface area contributed by atoms with E-state index in [2.05, 4.69) is 0 Å². The summed E-state index contributed by atoms with van der Waals surface area (Å²) in [6, 6.07) is 7.77. The maximum Gasteiger partial charge on any atom is 0.333 e. The predicted octanol–water partition coefficient (Wildman–Crippen LogP) is -3.09. The van der Waals surface area contributed by atoms with Crippen LogP contribution >= 0.6 is 0 Å². The summed E-state index contributed by atoms with van der Waals surface area (Å²) in [7, 11) is 0. The van der Waals surface area contributed by atoms with Gasteiger partial charge in [0.05, 0.1) is 13.2 Å². The van der Waals surface area contributed by atoms with E-state index in [1.165, 1.54) is 48.6 Å². The lowest BCUT2D eigenvalue weighted by Crippen LogP contribution is -2.59. The molecule has 4 rings (SSSR count). The van der Waals surface area contributed by atoms with E-state index in [9.17, 15) is 60.7 Å². The third-order valence-corrected chi connectivity index (χ3v) is 6.98. The van der Waals surface area contributed by atoms with Gasteiger partial charge in [0.1, 0.15) is 48.8 Å². The molecule has 10 atom stereocenters. The first kappa shape index (κ1) is 38.1. The first-order valence-corrected chi connectivity index (χ1v) is 14.1. The third kappa shape index (κ3) is 9.84. The van der Waals surface area contributed by atoms with E-state index < -0.39 is 86.6 Å². The second kappa shape index (κ2) is 17.2. The molecule has 2 aromatic rings. The van der Waals surface area contributed by atoms with E-state index in [0.717, 1.165) is 12.2 Å². The number of carbonyl (C=O) groups excluding carboxylic acids is 2. The summed E-state index contributed by atoms with van der Waals surface area (Å²) < 4.78 is 19.7. The van der Waals surface area contributed by atoms with Crippen molar-refractivity contribution in [1.82, 2.24) is 0 Å². The number of rotatable bonds is 8. The highest BCUT2D eigenvalue weighted by atomic mass is 16.7. The van der Waals surface area contributed by atoms with Gasteiger partial charge >= 0.3 is 11.9 Å². The zero-order valence-electron chi connectivity index (χ0n) is 24.8. The Morgan fingerprint density at radius 3 is 1.23 bits per heavy atom. The molecule has 18 nitrogen and oxygen atoms in total. The SMILES string of the molecule is O=C(/C=C/c1ccc(O)c(O)c1)O[C@@H]1O[C@H](CO)[C@@H](O)[C@H](O)[C@H]1O.O=C(/C=C/c1ccc(O)c(O)c1)O[C@@H]1O[C@H](CO)[C@@H](O)[C@H](O)[C@H]1O. The number of benzene rings is 2. The van der Waals surface area contributed by atoms with Crippen molar-refractivity contribution in [3.8, 4) is 23.0 Å². The lowest BCUT2D eigenvalue weighted by Gasteiger charge is -2.38. The second-order valence-electron chi connectivity index (χ2n) is 10.4. The van der Waals surface area contributed by atoms with E-state index in [-0.39, 0.29) is 23.0 Å². The van der Waals surface area contributed by atoms with Gasteiger partial charge in [-0.25, -0.2) is 9.59 Å². The first-order chi connectivity index (χ1) is 22.7. The Morgan fingerprint density at radius 1 is 0.562 bits per heavy atom. The van der Waals surface area contributed by atoms with Crippen LogP contribution in [0.1, 0.15) is 11.1 Å². The third-order valence-electron chi connectivity index (χ3n) is 6.98. The molecule has 264 valence electrons. The van der Waals surface area contributed by atoms with Gasteiger partial charge in [0, 0.05) is 12.2 Å². The number of aliphatic hydroxyl groups excluding tert-OH is 8. The van der Waals surface area contributed by atoms with Crippen LogP contribution in [0.15, 0.2) is 48.6 Å². The van der Waals surface area contributed by atoms with Crippen LogP contribution in [0.3, 0.4) is 0 Å². The molecule has 48 heavy (non-hydrogen) atoms. The van der Waals surface area contributed by atoms with E-state index >= 15 is 0 Å². The second-order valence-corrected chi connectivity index (χ2v) is 10.4. The summed E-state index contributed by atoms with van der Waals surface area (Å²) >= 11 is 0. The summed E-state index contributed by atoms with van der Waals surface area (Å²) in [6.07, 6.45) is -10.7. The van der Waals surface area contributed by atoms with Crippen molar-refractivity contribution in [2.24, 2.45) is 0 Å². The molecule has 2 aromatic carbocycles. The molecule has 18 heteroatoms. The number of phenolic OH excluding ortho intramolecular Hbond substituents is 4. The van der Waals surface area contributed by atoms with Gasteiger partial charge in [0.15, 0.2) is 23.0 Å². The number of ether oxygens (including phenoxy) is 4. The van der Waals surface area contributed by atoms with Gasteiger partial charge in [0.2, 0.25) is 12.6 Å². The van der Waals surface area contributed by atoms with Crippen LogP contribution in [-0.2, 0) is 28.5 Å². The minimum atomic E-state index is -1.68. The van der Waals surface area contributed by atoms with Gasteiger partial charge in [-0.2, -0.15) is 0 Å². The lowest BCUT2D eigenvalue weighted by molar-refractivity contribution is -0.291. The molecule has 0 aromatic heterocycles. The normalized spacial score (nSPS) is 30.4. The molecule has 12 N–H and O–H groups in total.